The van der Waals surface area contributed by atoms with Crippen LogP contribution in [-0.4, -0.2) is 17.7 Å². The summed E-state index contributed by atoms with van der Waals surface area (Å²) in [4.78, 5) is 0. The highest BCUT2D eigenvalue weighted by atomic mass is 16.3. The van der Waals surface area contributed by atoms with E-state index in [1.54, 1.807) is 0 Å². The van der Waals surface area contributed by atoms with Crippen LogP contribution in [0, 0.1) is 12.8 Å². The summed E-state index contributed by atoms with van der Waals surface area (Å²) >= 11 is 0. The number of benzene rings is 1. The van der Waals surface area contributed by atoms with Crippen LogP contribution in [0.3, 0.4) is 0 Å². The molecule has 2 unspecified atom stereocenters. The Hall–Kier alpha value is -0.860. The van der Waals surface area contributed by atoms with Crippen LogP contribution >= 0.6 is 0 Å². The Morgan fingerprint density at radius 2 is 2.06 bits per heavy atom. The molecule has 0 aliphatic heterocycles. The molecule has 0 spiro atoms. The molecule has 1 saturated carbocycles. The SMILES string of the molecule is Cc1ccccc1C(O)CNC(C)CC1CC1. The van der Waals surface area contributed by atoms with Crippen molar-refractivity contribution in [2.45, 2.75) is 45.3 Å². The summed E-state index contributed by atoms with van der Waals surface area (Å²) in [6, 6.07) is 8.56. The molecule has 1 aromatic rings. The van der Waals surface area contributed by atoms with Crippen LogP contribution in [0.2, 0.25) is 0 Å². The van der Waals surface area contributed by atoms with Gasteiger partial charge < -0.3 is 10.4 Å². The lowest BCUT2D eigenvalue weighted by Gasteiger charge is -2.18. The molecular formula is C15H23NO. The fourth-order valence-electron chi connectivity index (χ4n) is 2.32. The van der Waals surface area contributed by atoms with Crippen LogP contribution in [-0.2, 0) is 0 Å². The average Bonchev–Trinajstić information content (AvgIpc) is 3.10. The van der Waals surface area contributed by atoms with Gasteiger partial charge in [0, 0.05) is 12.6 Å². The first-order valence-electron chi connectivity index (χ1n) is 6.64. The fourth-order valence-corrected chi connectivity index (χ4v) is 2.32. The Kier molecular flexibility index (Phi) is 4.19. The molecule has 2 nitrogen and oxygen atoms in total. The van der Waals surface area contributed by atoms with E-state index in [9.17, 15) is 5.11 Å². The highest BCUT2D eigenvalue weighted by Gasteiger charge is 2.23. The summed E-state index contributed by atoms with van der Waals surface area (Å²) in [6.07, 6.45) is 3.65. The molecule has 2 N–H and O–H groups in total. The number of aliphatic hydroxyl groups is 1. The van der Waals surface area contributed by atoms with Crippen molar-refractivity contribution in [2.75, 3.05) is 6.54 Å². The molecule has 1 aliphatic rings. The van der Waals surface area contributed by atoms with Crippen molar-refractivity contribution in [3.05, 3.63) is 35.4 Å². The largest absolute Gasteiger partial charge is 0.387 e. The van der Waals surface area contributed by atoms with Crippen LogP contribution in [0.1, 0.15) is 43.4 Å². The van der Waals surface area contributed by atoms with Crippen molar-refractivity contribution in [2.24, 2.45) is 5.92 Å². The lowest BCUT2D eigenvalue weighted by atomic mass is 10.0. The zero-order chi connectivity index (χ0) is 12.3. The van der Waals surface area contributed by atoms with E-state index in [0.717, 1.165) is 17.0 Å². The van der Waals surface area contributed by atoms with Gasteiger partial charge >= 0.3 is 0 Å². The van der Waals surface area contributed by atoms with Crippen molar-refractivity contribution < 1.29 is 5.11 Å². The van der Waals surface area contributed by atoms with E-state index in [2.05, 4.69) is 12.2 Å². The van der Waals surface area contributed by atoms with Crippen molar-refractivity contribution in [3.8, 4) is 0 Å². The molecule has 2 heteroatoms. The molecule has 2 rings (SSSR count). The lowest BCUT2D eigenvalue weighted by Crippen LogP contribution is -2.31. The summed E-state index contributed by atoms with van der Waals surface area (Å²) in [7, 11) is 0. The third kappa shape index (κ3) is 3.83. The van der Waals surface area contributed by atoms with Gasteiger partial charge in [0.1, 0.15) is 0 Å². The van der Waals surface area contributed by atoms with Crippen LogP contribution in [0.4, 0.5) is 0 Å². The fraction of sp³-hybridized carbons (Fsp3) is 0.600. The number of hydrogen-bond donors (Lipinski definition) is 2. The van der Waals surface area contributed by atoms with E-state index in [-0.39, 0.29) is 0 Å². The topological polar surface area (TPSA) is 32.3 Å². The van der Waals surface area contributed by atoms with Gasteiger partial charge in [0.05, 0.1) is 6.10 Å². The van der Waals surface area contributed by atoms with Gasteiger partial charge in [-0.2, -0.15) is 0 Å². The van der Waals surface area contributed by atoms with E-state index < -0.39 is 6.10 Å². The van der Waals surface area contributed by atoms with Gasteiger partial charge in [-0.3, -0.25) is 0 Å². The Balaban J connectivity index is 1.80. The van der Waals surface area contributed by atoms with Crippen molar-refractivity contribution in [1.82, 2.24) is 5.32 Å². The summed E-state index contributed by atoms with van der Waals surface area (Å²) in [5.74, 6) is 0.938. The van der Waals surface area contributed by atoms with E-state index in [4.69, 9.17) is 0 Å². The second-order valence-electron chi connectivity index (χ2n) is 5.36. The molecule has 17 heavy (non-hydrogen) atoms. The minimum absolute atomic E-state index is 0.391. The third-order valence-corrected chi connectivity index (χ3v) is 3.59. The first-order valence-corrected chi connectivity index (χ1v) is 6.64. The summed E-state index contributed by atoms with van der Waals surface area (Å²) < 4.78 is 0. The van der Waals surface area contributed by atoms with E-state index in [0.29, 0.717) is 12.6 Å². The van der Waals surface area contributed by atoms with E-state index >= 15 is 0 Å². The van der Waals surface area contributed by atoms with E-state index in [1.165, 1.54) is 19.3 Å². The normalized spacial score (nSPS) is 19.0. The van der Waals surface area contributed by atoms with Gasteiger partial charge in [-0.05, 0) is 37.3 Å². The lowest BCUT2D eigenvalue weighted by molar-refractivity contribution is 0.169. The molecule has 1 aliphatic carbocycles. The van der Waals surface area contributed by atoms with Gasteiger partial charge in [-0.25, -0.2) is 0 Å². The second kappa shape index (κ2) is 5.65. The maximum Gasteiger partial charge on any atom is 0.0917 e. The Morgan fingerprint density at radius 3 is 2.71 bits per heavy atom. The molecule has 0 heterocycles. The maximum absolute atomic E-state index is 10.1. The molecule has 0 radical (unpaired) electrons. The van der Waals surface area contributed by atoms with Gasteiger partial charge in [-0.15, -0.1) is 0 Å². The third-order valence-electron chi connectivity index (χ3n) is 3.59. The highest BCUT2D eigenvalue weighted by Crippen LogP contribution is 2.33. The zero-order valence-electron chi connectivity index (χ0n) is 10.8. The highest BCUT2D eigenvalue weighted by molar-refractivity contribution is 5.27. The van der Waals surface area contributed by atoms with Gasteiger partial charge in [0.2, 0.25) is 0 Å². The zero-order valence-corrected chi connectivity index (χ0v) is 10.8. The molecule has 94 valence electrons. The Morgan fingerprint density at radius 1 is 1.35 bits per heavy atom. The van der Waals surface area contributed by atoms with Crippen molar-refractivity contribution in [1.29, 1.82) is 0 Å². The summed E-state index contributed by atoms with van der Waals surface area (Å²) in [5, 5.41) is 13.6. The van der Waals surface area contributed by atoms with Crippen molar-refractivity contribution >= 4 is 0 Å². The molecule has 0 amide bonds. The molecule has 1 aromatic carbocycles. The number of rotatable bonds is 6. The van der Waals surface area contributed by atoms with Crippen LogP contribution in [0.25, 0.3) is 0 Å². The quantitative estimate of drug-likeness (QED) is 0.792. The predicted octanol–water partition coefficient (Wildman–Crippen LogP) is 2.81. The minimum atomic E-state index is -0.391. The first-order chi connectivity index (χ1) is 8.16. The van der Waals surface area contributed by atoms with E-state index in [1.807, 2.05) is 31.2 Å². The molecule has 2 atom stereocenters. The van der Waals surface area contributed by atoms with Crippen LogP contribution in [0.5, 0.6) is 0 Å². The number of aryl methyl sites for hydroxylation is 1. The summed E-state index contributed by atoms with van der Waals surface area (Å²) in [5.41, 5.74) is 2.20. The first kappa shape index (κ1) is 12.6. The average molecular weight is 233 g/mol. The Bertz CT molecular complexity index is 360. The van der Waals surface area contributed by atoms with Gasteiger partial charge in [0.15, 0.2) is 0 Å². The second-order valence-corrected chi connectivity index (χ2v) is 5.36. The molecule has 0 saturated heterocycles. The molecule has 1 fully saturated rings. The predicted molar refractivity (Wildman–Crippen MR) is 70.9 cm³/mol. The van der Waals surface area contributed by atoms with Gasteiger partial charge in [-0.1, -0.05) is 37.1 Å². The van der Waals surface area contributed by atoms with Crippen molar-refractivity contribution in [3.63, 3.8) is 0 Å². The smallest absolute Gasteiger partial charge is 0.0917 e. The number of nitrogens with one attached hydrogen (secondary N) is 1. The summed E-state index contributed by atoms with van der Waals surface area (Å²) in [6.45, 7) is 4.91. The van der Waals surface area contributed by atoms with Gasteiger partial charge in [0.25, 0.3) is 0 Å². The molecular weight excluding hydrogens is 210 g/mol. The number of aliphatic hydroxyl groups excluding tert-OH is 1. The molecule has 0 bridgehead atoms. The standard InChI is InChI=1S/C15H23NO/c1-11-5-3-4-6-14(11)15(17)10-16-12(2)9-13-7-8-13/h3-6,12-13,15-17H,7-10H2,1-2H3. The molecule has 0 aromatic heterocycles. The Labute approximate surface area is 104 Å². The number of hydrogen-bond acceptors (Lipinski definition) is 2. The maximum atomic E-state index is 10.1. The monoisotopic (exact) mass is 233 g/mol. The van der Waals surface area contributed by atoms with Crippen LogP contribution in [0.15, 0.2) is 24.3 Å². The van der Waals surface area contributed by atoms with Crippen LogP contribution < -0.4 is 5.32 Å². The minimum Gasteiger partial charge on any atom is -0.387 e.